The summed E-state index contributed by atoms with van der Waals surface area (Å²) in [5.41, 5.74) is 6.87. The molecule has 0 amide bonds. The molecule has 8 aromatic rings. The van der Waals surface area contributed by atoms with E-state index in [1.165, 1.54) is 43.4 Å². The maximum atomic E-state index is 5.27. The summed E-state index contributed by atoms with van der Waals surface area (Å²) in [4.78, 5) is 5.27. The maximum Gasteiger partial charge on any atom is 0.146 e. The van der Waals surface area contributed by atoms with Crippen LogP contribution in [0.3, 0.4) is 0 Å². The molecule has 0 aliphatic rings. The van der Waals surface area contributed by atoms with Gasteiger partial charge in [0.05, 0.1) is 11.0 Å². The molecule has 0 fully saturated rings. The summed E-state index contributed by atoms with van der Waals surface area (Å²) in [6.45, 7) is 0. The molecule has 7 aromatic carbocycles. The summed E-state index contributed by atoms with van der Waals surface area (Å²) in [5.74, 6) is 0.958. The molecular weight excluding hydrogens is 472 g/mol. The summed E-state index contributed by atoms with van der Waals surface area (Å²) >= 11 is 0. The lowest BCUT2D eigenvalue weighted by molar-refractivity contribution is 1.11. The fourth-order valence-electron chi connectivity index (χ4n) is 6.14. The second-order valence-electron chi connectivity index (χ2n) is 9.96. The Kier molecular flexibility index (Phi) is 4.86. The van der Waals surface area contributed by atoms with Crippen LogP contribution in [0.15, 0.2) is 146 Å². The van der Waals surface area contributed by atoms with Crippen molar-refractivity contribution in [3.63, 3.8) is 0 Å². The molecular formula is C37H24N2. The quantitative estimate of drug-likeness (QED) is 0.223. The zero-order valence-corrected chi connectivity index (χ0v) is 21.3. The van der Waals surface area contributed by atoms with Gasteiger partial charge in [0.2, 0.25) is 0 Å². The zero-order valence-electron chi connectivity index (χ0n) is 21.3. The molecule has 0 N–H and O–H groups in total. The molecule has 0 atom stereocenters. The van der Waals surface area contributed by atoms with E-state index in [1.54, 1.807) is 0 Å². The predicted octanol–water partition coefficient (Wildman–Crippen LogP) is 9.82. The van der Waals surface area contributed by atoms with Crippen LogP contribution in [-0.4, -0.2) is 9.55 Å². The van der Waals surface area contributed by atoms with Crippen molar-refractivity contribution in [2.24, 2.45) is 0 Å². The van der Waals surface area contributed by atoms with Gasteiger partial charge in [0.1, 0.15) is 5.82 Å². The van der Waals surface area contributed by atoms with Gasteiger partial charge in [-0.1, -0.05) is 121 Å². The Morgan fingerprint density at radius 2 is 0.949 bits per heavy atom. The van der Waals surface area contributed by atoms with Gasteiger partial charge in [-0.3, -0.25) is 4.57 Å². The molecule has 0 aliphatic carbocycles. The molecule has 1 aromatic heterocycles. The van der Waals surface area contributed by atoms with Gasteiger partial charge in [0.25, 0.3) is 0 Å². The first-order chi connectivity index (χ1) is 19.4. The van der Waals surface area contributed by atoms with Crippen molar-refractivity contribution in [1.29, 1.82) is 0 Å². The molecule has 2 heteroatoms. The van der Waals surface area contributed by atoms with Crippen LogP contribution in [-0.2, 0) is 0 Å². The van der Waals surface area contributed by atoms with Gasteiger partial charge in [0.15, 0.2) is 0 Å². The molecule has 8 rings (SSSR count). The van der Waals surface area contributed by atoms with Gasteiger partial charge < -0.3 is 0 Å². The lowest BCUT2D eigenvalue weighted by atomic mass is 9.86. The molecule has 0 bridgehead atoms. The summed E-state index contributed by atoms with van der Waals surface area (Å²) in [6.07, 6.45) is 0. The van der Waals surface area contributed by atoms with Crippen molar-refractivity contribution in [2.75, 3.05) is 0 Å². The highest BCUT2D eigenvalue weighted by molar-refractivity contribution is 6.23. The standard InChI is InChI=1S/C37H24N2/c1-2-15-26(16-3-1)39-34-24-11-10-23-33(34)38-37(39)36-31-20-8-6-18-29(31)35(30-19-7-9-21-32(30)36)28-22-12-14-25-13-4-5-17-27(25)28/h1-24H. The van der Waals surface area contributed by atoms with Crippen LogP contribution in [0.2, 0.25) is 0 Å². The van der Waals surface area contributed by atoms with E-state index >= 15 is 0 Å². The Labute approximate surface area is 226 Å². The van der Waals surface area contributed by atoms with Crippen molar-refractivity contribution in [3.05, 3.63) is 146 Å². The van der Waals surface area contributed by atoms with Gasteiger partial charge in [-0.2, -0.15) is 0 Å². The molecule has 182 valence electrons. The van der Waals surface area contributed by atoms with E-state index < -0.39 is 0 Å². The minimum Gasteiger partial charge on any atom is -0.292 e. The minimum absolute atomic E-state index is 0.958. The molecule has 0 radical (unpaired) electrons. The van der Waals surface area contributed by atoms with Crippen molar-refractivity contribution in [2.45, 2.75) is 0 Å². The fraction of sp³-hybridized carbons (Fsp3) is 0. The lowest BCUT2D eigenvalue weighted by Gasteiger charge is -2.19. The van der Waals surface area contributed by atoms with E-state index in [9.17, 15) is 0 Å². The number of imidazole rings is 1. The highest BCUT2D eigenvalue weighted by atomic mass is 15.1. The lowest BCUT2D eigenvalue weighted by Crippen LogP contribution is -1.99. The third kappa shape index (κ3) is 3.32. The minimum atomic E-state index is 0.958. The molecule has 0 saturated heterocycles. The number of fused-ring (bicyclic) bond motifs is 4. The zero-order chi connectivity index (χ0) is 25.8. The molecule has 0 saturated carbocycles. The van der Waals surface area contributed by atoms with Crippen LogP contribution < -0.4 is 0 Å². The summed E-state index contributed by atoms with van der Waals surface area (Å²) in [6, 6.07) is 51.9. The smallest absolute Gasteiger partial charge is 0.146 e. The number of nitrogens with zero attached hydrogens (tertiary/aromatic N) is 2. The summed E-state index contributed by atoms with van der Waals surface area (Å²) < 4.78 is 2.31. The first-order valence-corrected chi connectivity index (χ1v) is 13.3. The average Bonchev–Trinajstić information content (AvgIpc) is 3.39. The molecule has 0 spiro atoms. The van der Waals surface area contributed by atoms with Crippen LogP contribution in [0.1, 0.15) is 0 Å². The van der Waals surface area contributed by atoms with Crippen LogP contribution in [0.4, 0.5) is 0 Å². The highest BCUT2D eigenvalue weighted by Crippen LogP contribution is 2.45. The van der Waals surface area contributed by atoms with E-state index in [0.29, 0.717) is 0 Å². The second-order valence-corrected chi connectivity index (χ2v) is 9.96. The van der Waals surface area contributed by atoms with Gasteiger partial charge in [-0.05, 0) is 67.7 Å². The van der Waals surface area contributed by atoms with E-state index in [-0.39, 0.29) is 0 Å². The second kappa shape index (κ2) is 8.68. The predicted molar refractivity (Wildman–Crippen MR) is 164 cm³/mol. The van der Waals surface area contributed by atoms with E-state index in [1.807, 2.05) is 0 Å². The Balaban J connectivity index is 1.57. The Hall–Kier alpha value is -5.21. The third-order valence-electron chi connectivity index (χ3n) is 7.79. The topological polar surface area (TPSA) is 17.8 Å². The summed E-state index contributed by atoms with van der Waals surface area (Å²) in [7, 11) is 0. The van der Waals surface area contributed by atoms with Crippen molar-refractivity contribution in [1.82, 2.24) is 9.55 Å². The van der Waals surface area contributed by atoms with E-state index in [4.69, 9.17) is 4.98 Å². The van der Waals surface area contributed by atoms with Crippen LogP contribution in [0.25, 0.3) is 71.6 Å². The van der Waals surface area contributed by atoms with Crippen LogP contribution >= 0.6 is 0 Å². The first-order valence-electron chi connectivity index (χ1n) is 13.3. The average molecular weight is 497 g/mol. The van der Waals surface area contributed by atoms with Crippen LogP contribution in [0.5, 0.6) is 0 Å². The van der Waals surface area contributed by atoms with E-state index in [2.05, 4.69) is 150 Å². The normalized spacial score (nSPS) is 11.6. The number of para-hydroxylation sites is 3. The Bertz CT molecular complexity index is 2110. The van der Waals surface area contributed by atoms with Crippen molar-refractivity contribution in [3.8, 4) is 28.2 Å². The largest absolute Gasteiger partial charge is 0.292 e. The molecule has 0 unspecified atom stereocenters. The van der Waals surface area contributed by atoms with Gasteiger partial charge >= 0.3 is 0 Å². The SMILES string of the molecule is c1ccc(-n2c(-c3c4ccccc4c(-c4cccc5ccccc45)c4ccccc34)nc3ccccc32)cc1. The fourth-order valence-corrected chi connectivity index (χ4v) is 6.14. The highest BCUT2D eigenvalue weighted by Gasteiger charge is 2.22. The maximum absolute atomic E-state index is 5.27. The molecule has 2 nitrogen and oxygen atoms in total. The van der Waals surface area contributed by atoms with Crippen molar-refractivity contribution >= 4 is 43.4 Å². The molecule has 0 aliphatic heterocycles. The van der Waals surface area contributed by atoms with Crippen LogP contribution in [0, 0.1) is 0 Å². The number of aromatic nitrogens is 2. The first kappa shape index (κ1) is 21.8. The molecule has 1 heterocycles. The third-order valence-corrected chi connectivity index (χ3v) is 7.79. The molecule has 39 heavy (non-hydrogen) atoms. The van der Waals surface area contributed by atoms with Gasteiger partial charge in [-0.25, -0.2) is 4.98 Å². The number of rotatable bonds is 3. The number of benzene rings is 7. The number of hydrogen-bond donors (Lipinski definition) is 0. The van der Waals surface area contributed by atoms with Gasteiger partial charge in [0, 0.05) is 11.3 Å². The monoisotopic (exact) mass is 496 g/mol. The van der Waals surface area contributed by atoms with E-state index in [0.717, 1.165) is 28.1 Å². The van der Waals surface area contributed by atoms with Gasteiger partial charge in [-0.15, -0.1) is 0 Å². The Morgan fingerprint density at radius 3 is 1.67 bits per heavy atom. The Morgan fingerprint density at radius 1 is 0.410 bits per heavy atom. The van der Waals surface area contributed by atoms with Crippen molar-refractivity contribution < 1.29 is 0 Å². The number of hydrogen-bond acceptors (Lipinski definition) is 1. The summed E-state index contributed by atoms with van der Waals surface area (Å²) in [5, 5.41) is 7.37.